The fraction of sp³-hybridized carbons (Fsp3) is 0.526. The van der Waals surface area contributed by atoms with Gasteiger partial charge >= 0.3 is 11.9 Å². The maximum absolute atomic E-state index is 13.3. The molecule has 0 aliphatic carbocycles. The van der Waals surface area contributed by atoms with E-state index in [4.69, 9.17) is 9.47 Å². The van der Waals surface area contributed by atoms with E-state index >= 15 is 0 Å². The third-order valence-corrected chi connectivity index (χ3v) is 11.9. The number of benzene rings is 2. The monoisotopic (exact) mass is 784 g/mol. The van der Waals surface area contributed by atoms with Gasteiger partial charge in [-0.25, -0.2) is 0 Å². The molecule has 0 saturated carbocycles. The Morgan fingerprint density at radius 3 is 1.31 bits per heavy atom. The number of carbonyl (C=O) groups excluding carboxylic acids is 6. The minimum absolute atomic E-state index is 0.0920. The molecule has 2 heterocycles. The van der Waals surface area contributed by atoms with Crippen LogP contribution in [0.3, 0.4) is 0 Å². The van der Waals surface area contributed by atoms with E-state index in [1.165, 1.54) is 23.5 Å². The summed E-state index contributed by atoms with van der Waals surface area (Å²) in [7, 11) is 0. The molecule has 2 aliphatic rings. The lowest BCUT2D eigenvalue weighted by molar-refractivity contribution is -0.155. The van der Waals surface area contributed by atoms with Gasteiger partial charge in [0.1, 0.15) is 37.4 Å². The molecular weight excluding hydrogens is 733 g/mol. The first kappa shape index (κ1) is 42.6. The van der Waals surface area contributed by atoms with Gasteiger partial charge in [-0.15, -0.1) is 23.5 Å². The first-order valence-corrected chi connectivity index (χ1v) is 19.8. The maximum atomic E-state index is 13.3. The van der Waals surface area contributed by atoms with Crippen molar-refractivity contribution in [2.45, 2.75) is 98.8 Å². The van der Waals surface area contributed by atoms with E-state index < -0.39 is 56.3 Å². The van der Waals surface area contributed by atoms with Crippen LogP contribution in [0, 0.1) is 0 Å². The first-order chi connectivity index (χ1) is 25.6. The minimum Gasteiger partial charge on any atom is -0.461 e. The molecular formula is C38H52N6O8S2. The largest absolute Gasteiger partial charge is 0.461 e. The van der Waals surface area contributed by atoms with Gasteiger partial charge in [-0.05, 0) is 52.7 Å². The molecule has 16 heteroatoms. The van der Waals surface area contributed by atoms with Gasteiger partial charge in [0.15, 0.2) is 0 Å². The number of amides is 4. The second-order valence-corrected chi connectivity index (χ2v) is 17.6. The Morgan fingerprint density at radius 2 is 0.981 bits per heavy atom. The summed E-state index contributed by atoms with van der Waals surface area (Å²) in [5.41, 5.74) is 1.60. The second kappa shape index (κ2) is 19.5. The molecule has 0 aromatic heterocycles. The second-order valence-electron chi connectivity index (χ2n) is 14.0. The van der Waals surface area contributed by atoms with Gasteiger partial charge in [0.2, 0.25) is 23.6 Å². The molecule has 0 bridgehead atoms. The Labute approximate surface area is 325 Å². The van der Waals surface area contributed by atoms with Gasteiger partial charge in [0, 0.05) is 22.6 Å². The van der Waals surface area contributed by atoms with Crippen molar-refractivity contribution in [2.75, 3.05) is 26.3 Å². The number of thioether (sulfide) groups is 2. The highest BCUT2D eigenvalue weighted by Crippen LogP contribution is 2.41. The van der Waals surface area contributed by atoms with Crippen molar-refractivity contribution in [3.8, 4) is 0 Å². The summed E-state index contributed by atoms with van der Waals surface area (Å²) < 4.78 is 9.63. The van der Waals surface area contributed by atoms with Crippen LogP contribution in [0.1, 0.15) is 52.7 Å². The summed E-state index contributed by atoms with van der Waals surface area (Å²) in [5, 5.41) is 16.3. The zero-order valence-corrected chi connectivity index (χ0v) is 33.2. The smallest absolute Gasteiger partial charge is 0.324 e. The van der Waals surface area contributed by atoms with Crippen LogP contribution in [0.15, 0.2) is 60.7 Å². The lowest BCUT2D eigenvalue weighted by Gasteiger charge is -2.24. The molecule has 0 spiro atoms. The highest BCUT2D eigenvalue weighted by atomic mass is 32.2. The first-order valence-electron chi connectivity index (χ1n) is 18.1. The van der Waals surface area contributed by atoms with Crippen LogP contribution in [-0.2, 0) is 51.1 Å². The SMILES string of the molecule is CCNC(=O)[C@@H](NC(=O)Cc1ccccc1)[C@@H]1N[C@@H](C(=O)OCCOC(=O)[C@@H]2N[C@@H]([C@H](NC(=O)Cc3ccccc3)C(=O)NCC)SC2(C)C)C(C)(C)S1. The zero-order valence-electron chi connectivity index (χ0n) is 31.6. The molecule has 0 radical (unpaired) electrons. The summed E-state index contributed by atoms with van der Waals surface area (Å²) in [6, 6.07) is 14.8. The van der Waals surface area contributed by atoms with Crippen molar-refractivity contribution in [1.82, 2.24) is 31.9 Å². The lowest BCUT2D eigenvalue weighted by Crippen LogP contribution is -2.57. The summed E-state index contributed by atoms with van der Waals surface area (Å²) in [5.74, 6) is -2.61. The number of hydrogen-bond acceptors (Lipinski definition) is 12. The van der Waals surface area contributed by atoms with Gasteiger partial charge in [0.25, 0.3) is 0 Å². The number of hydrogen-bond donors (Lipinski definition) is 6. The van der Waals surface area contributed by atoms with Crippen molar-refractivity contribution in [3.05, 3.63) is 71.8 Å². The maximum Gasteiger partial charge on any atom is 0.324 e. The van der Waals surface area contributed by atoms with Crippen molar-refractivity contribution in [1.29, 1.82) is 0 Å². The molecule has 294 valence electrons. The van der Waals surface area contributed by atoms with Crippen LogP contribution in [-0.4, -0.2) is 106 Å². The molecule has 2 aromatic rings. The van der Waals surface area contributed by atoms with E-state index in [2.05, 4.69) is 31.9 Å². The van der Waals surface area contributed by atoms with E-state index in [0.29, 0.717) is 13.1 Å². The van der Waals surface area contributed by atoms with Crippen LogP contribution in [0.5, 0.6) is 0 Å². The highest BCUT2D eigenvalue weighted by Gasteiger charge is 2.51. The van der Waals surface area contributed by atoms with E-state index in [1.54, 1.807) is 13.8 Å². The van der Waals surface area contributed by atoms with Gasteiger partial charge in [0.05, 0.1) is 23.6 Å². The van der Waals surface area contributed by atoms with Crippen molar-refractivity contribution in [3.63, 3.8) is 0 Å². The number of esters is 2. The summed E-state index contributed by atoms with van der Waals surface area (Å²) >= 11 is 2.70. The molecule has 6 atom stereocenters. The Kier molecular flexibility index (Phi) is 15.4. The van der Waals surface area contributed by atoms with Gasteiger partial charge < -0.3 is 30.7 Å². The predicted molar refractivity (Wildman–Crippen MR) is 208 cm³/mol. The van der Waals surface area contributed by atoms with Crippen molar-refractivity contribution >= 4 is 59.1 Å². The minimum atomic E-state index is -0.960. The molecule has 2 fully saturated rings. The van der Waals surface area contributed by atoms with E-state index in [-0.39, 0.29) is 49.7 Å². The number of nitrogens with one attached hydrogen (secondary N) is 6. The van der Waals surface area contributed by atoms with Crippen LogP contribution in [0.25, 0.3) is 0 Å². The standard InChI is InChI=1S/C38H52N6O8S2/c1-7-39-31(47)27(41-25(45)21-23-15-11-9-12-16-23)33-43-29(37(3,4)53-33)35(49)51-19-20-52-36(50)30-38(5,6)54-34(44-30)28(32(48)40-8-2)42-26(46)22-24-17-13-10-14-18-24/h9-18,27-30,33-34,43-44H,7-8,19-22H2,1-6H3,(H,39,47)(H,40,48)(H,41,45)(H,42,46)/t27-,28-,29+,30+,33-,34-/m1/s1. The molecule has 0 unspecified atom stereocenters. The van der Waals surface area contributed by atoms with E-state index in [1.807, 2.05) is 88.4 Å². The predicted octanol–water partition coefficient (Wildman–Crippen LogP) is 1.42. The average Bonchev–Trinajstić information content (AvgIpc) is 3.62. The zero-order chi connectivity index (χ0) is 39.5. The molecule has 4 rings (SSSR count). The summed E-state index contributed by atoms with van der Waals surface area (Å²) in [4.78, 5) is 78.7. The third kappa shape index (κ3) is 11.7. The van der Waals surface area contributed by atoms with Crippen LogP contribution < -0.4 is 31.9 Å². The van der Waals surface area contributed by atoms with Crippen LogP contribution >= 0.6 is 23.5 Å². The van der Waals surface area contributed by atoms with E-state index in [9.17, 15) is 28.8 Å². The Balaban J connectivity index is 1.30. The molecule has 14 nitrogen and oxygen atoms in total. The number of carbonyl (C=O) groups is 6. The number of likely N-dealkylation sites (N-methyl/N-ethyl adjacent to an activating group) is 2. The Bertz CT molecular complexity index is 1510. The molecule has 4 amide bonds. The highest BCUT2D eigenvalue weighted by molar-refractivity contribution is 8.01. The Morgan fingerprint density at radius 1 is 0.630 bits per heavy atom. The normalized spacial score (nSPS) is 22.3. The summed E-state index contributed by atoms with van der Waals surface area (Å²) in [6.07, 6.45) is 0.184. The van der Waals surface area contributed by atoms with E-state index in [0.717, 1.165) is 11.1 Å². The molecule has 2 aromatic carbocycles. The topological polar surface area (TPSA) is 193 Å². The average molecular weight is 785 g/mol. The lowest BCUT2D eigenvalue weighted by atomic mass is 10.0. The van der Waals surface area contributed by atoms with Gasteiger partial charge in [-0.2, -0.15) is 0 Å². The molecule has 2 aliphatic heterocycles. The summed E-state index contributed by atoms with van der Waals surface area (Å²) in [6.45, 7) is 11.2. The van der Waals surface area contributed by atoms with Gasteiger partial charge in [-0.1, -0.05) is 60.7 Å². The van der Waals surface area contributed by atoms with Crippen molar-refractivity contribution < 1.29 is 38.2 Å². The van der Waals surface area contributed by atoms with Crippen LogP contribution in [0.2, 0.25) is 0 Å². The fourth-order valence-electron chi connectivity index (χ4n) is 6.21. The van der Waals surface area contributed by atoms with Crippen LogP contribution in [0.4, 0.5) is 0 Å². The number of ether oxygens (including phenoxy) is 2. The molecule has 54 heavy (non-hydrogen) atoms. The Hall–Kier alpha value is -4.12. The third-order valence-electron chi connectivity index (χ3n) is 8.88. The van der Waals surface area contributed by atoms with Gasteiger partial charge in [-0.3, -0.25) is 39.4 Å². The van der Waals surface area contributed by atoms with Crippen molar-refractivity contribution in [2.24, 2.45) is 0 Å². The molecule has 6 N–H and O–H groups in total. The quantitative estimate of drug-likeness (QED) is 0.100. The number of rotatable bonds is 17. The fourth-order valence-corrected chi connectivity index (χ4v) is 9.18. The molecule has 2 saturated heterocycles.